The van der Waals surface area contributed by atoms with Crippen LogP contribution in [0.3, 0.4) is 0 Å². The highest BCUT2D eigenvalue weighted by atomic mass is 16.5. The van der Waals surface area contributed by atoms with Crippen LogP contribution >= 0.6 is 0 Å². The molecular weight excluding hydrogens is 250 g/mol. The van der Waals surface area contributed by atoms with Crippen LogP contribution in [-0.2, 0) is 9.47 Å². The maximum atomic E-state index is 9.28. The molecule has 0 atom stereocenters. The number of rotatable bonds is 7. The van der Waals surface area contributed by atoms with Crippen molar-refractivity contribution in [3.8, 4) is 6.07 Å². The lowest BCUT2D eigenvalue weighted by Crippen LogP contribution is -2.23. The Bertz CT molecular complexity index is 460. The van der Waals surface area contributed by atoms with Crippen molar-refractivity contribution >= 4 is 0 Å². The van der Waals surface area contributed by atoms with Gasteiger partial charge in [-0.05, 0) is 12.5 Å². The smallest absolute Gasteiger partial charge is 0.137 e. The van der Waals surface area contributed by atoms with Gasteiger partial charge in [0.2, 0.25) is 0 Å². The lowest BCUT2D eigenvalue weighted by atomic mass is 10.1. The van der Waals surface area contributed by atoms with E-state index in [0.717, 1.165) is 18.4 Å². The number of allylic oxidation sites excluding steroid dienone is 6. The van der Waals surface area contributed by atoms with Gasteiger partial charge in [0.25, 0.3) is 0 Å². The second-order valence-corrected chi connectivity index (χ2v) is 4.49. The van der Waals surface area contributed by atoms with Crippen molar-refractivity contribution in [1.29, 1.82) is 5.26 Å². The van der Waals surface area contributed by atoms with Crippen molar-refractivity contribution in [1.82, 2.24) is 0 Å². The van der Waals surface area contributed by atoms with Crippen molar-refractivity contribution in [2.24, 2.45) is 0 Å². The summed E-state index contributed by atoms with van der Waals surface area (Å²) in [5, 5.41) is 9.28. The quantitative estimate of drug-likeness (QED) is 0.401. The van der Waals surface area contributed by atoms with Gasteiger partial charge in [-0.1, -0.05) is 43.5 Å². The Morgan fingerprint density at radius 3 is 2.60 bits per heavy atom. The highest BCUT2D eigenvalue weighted by molar-refractivity contribution is 5.41. The van der Waals surface area contributed by atoms with Gasteiger partial charge in [-0.25, -0.2) is 0 Å². The Morgan fingerprint density at radius 1 is 1.35 bits per heavy atom. The van der Waals surface area contributed by atoms with Crippen LogP contribution in [0.4, 0.5) is 0 Å². The number of nitriles is 1. The maximum Gasteiger partial charge on any atom is 0.137 e. The van der Waals surface area contributed by atoms with Gasteiger partial charge in [-0.15, -0.1) is 0 Å². The number of ether oxygens (including phenoxy) is 2. The summed E-state index contributed by atoms with van der Waals surface area (Å²) in [6, 6.07) is 2.17. The van der Waals surface area contributed by atoms with E-state index in [2.05, 4.69) is 25.8 Å². The molecule has 1 aliphatic heterocycles. The molecule has 0 bridgehead atoms. The minimum Gasteiger partial charge on any atom is -0.489 e. The van der Waals surface area contributed by atoms with Crippen molar-refractivity contribution in [2.75, 3.05) is 13.2 Å². The van der Waals surface area contributed by atoms with E-state index in [-0.39, 0.29) is 6.10 Å². The van der Waals surface area contributed by atoms with E-state index in [9.17, 15) is 5.26 Å². The first-order valence-corrected chi connectivity index (χ1v) is 6.69. The van der Waals surface area contributed by atoms with Crippen molar-refractivity contribution < 1.29 is 9.47 Å². The molecule has 0 radical (unpaired) electrons. The molecule has 1 fully saturated rings. The molecular formula is C17H21NO2. The van der Waals surface area contributed by atoms with E-state index in [4.69, 9.17) is 9.47 Å². The van der Waals surface area contributed by atoms with Crippen molar-refractivity contribution in [3.05, 3.63) is 60.9 Å². The fraction of sp³-hybridized carbons (Fsp3) is 0.353. The Hall–Kier alpha value is -2.05. The molecule has 3 nitrogen and oxygen atoms in total. The second kappa shape index (κ2) is 8.95. The summed E-state index contributed by atoms with van der Waals surface area (Å²) in [6.45, 7) is 12.6. The lowest BCUT2D eigenvalue weighted by Gasteiger charge is -2.24. The normalized spacial score (nSPS) is 17.1. The molecule has 0 aliphatic carbocycles. The summed E-state index contributed by atoms with van der Waals surface area (Å²) in [4.78, 5) is 0. The SMILES string of the molecule is C=C/C=C(OC1CCOCC1)\C(C#N)=C/CC(=C)C=C. The topological polar surface area (TPSA) is 42.2 Å². The maximum absolute atomic E-state index is 9.28. The molecule has 1 saturated heterocycles. The van der Waals surface area contributed by atoms with Gasteiger partial charge in [-0.2, -0.15) is 5.26 Å². The first-order valence-electron chi connectivity index (χ1n) is 6.69. The average Bonchev–Trinajstić information content (AvgIpc) is 2.48. The Morgan fingerprint density at radius 2 is 2.05 bits per heavy atom. The van der Waals surface area contributed by atoms with Gasteiger partial charge < -0.3 is 9.47 Å². The standard InChI is InChI=1S/C17H21NO2/c1-4-6-17(20-16-9-11-19-12-10-16)15(13-18)8-7-14(3)5-2/h4-6,8,16H,1-3,7,9-12H2/b15-8-,17-6+. The number of hydrogen-bond acceptors (Lipinski definition) is 3. The van der Waals surface area contributed by atoms with Gasteiger partial charge in [-0.3, -0.25) is 0 Å². The molecule has 1 heterocycles. The largest absolute Gasteiger partial charge is 0.489 e. The number of nitrogens with zero attached hydrogens (tertiary/aromatic N) is 1. The van der Waals surface area contributed by atoms with Crippen LogP contribution in [0.15, 0.2) is 60.9 Å². The van der Waals surface area contributed by atoms with Crippen LogP contribution in [0.2, 0.25) is 0 Å². The molecule has 3 heteroatoms. The summed E-state index contributed by atoms with van der Waals surface area (Å²) in [5.74, 6) is 0.561. The minimum absolute atomic E-state index is 0.0919. The fourth-order valence-corrected chi connectivity index (χ4v) is 1.79. The highest BCUT2D eigenvalue weighted by Crippen LogP contribution is 2.20. The molecule has 1 rings (SSSR count). The summed E-state index contributed by atoms with van der Waals surface area (Å²) < 4.78 is 11.2. The Balaban J connectivity index is 2.79. The molecule has 0 amide bonds. The minimum atomic E-state index is 0.0919. The number of hydrogen-bond donors (Lipinski definition) is 0. The molecule has 20 heavy (non-hydrogen) atoms. The van der Waals surface area contributed by atoms with E-state index >= 15 is 0 Å². The third kappa shape index (κ3) is 5.29. The first kappa shape index (κ1) is 16.0. The molecule has 0 aromatic rings. The molecule has 0 spiro atoms. The summed E-state index contributed by atoms with van der Waals surface area (Å²) in [7, 11) is 0. The van der Waals surface area contributed by atoms with Crippen molar-refractivity contribution in [2.45, 2.75) is 25.4 Å². The van der Waals surface area contributed by atoms with Gasteiger partial charge in [0.05, 0.1) is 18.8 Å². The molecule has 106 valence electrons. The van der Waals surface area contributed by atoms with Gasteiger partial charge in [0.1, 0.15) is 17.9 Å². The Labute approximate surface area is 121 Å². The van der Waals surface area contributed by atoms with E-state index in [1.165, 1.54) is 0 Å². The lowest BCUT2D eigenvalue weighted by molar-refractivity contribution is -0.00134. The summed E-state index contributed by atoms with van der Waals surface area (Å²) in [5.41, 5.74) is 1.36. The third-order valence-electron chi connectivity index (χ3n) is 2.97. The molecule has 0 unspecified atom stereocenters. The fourth-order valence-electron chi connectivity index (χ4n) is 1.79. The third-order valence-corrected chi connectivity index (χ3v) is 2.97. The molecule has 0 saturated carbocycles. The second-order valence-electron chi connectivity index (χ2n) is 4.49. The van der Waals surface area contributed by atoms with E-state index in [0.29, 0.717) is 31.0 Å². The monoisotopic (exact) mass is 271 g/mol. The molecule has 1 aliphatic rings. The van der Waals surface area contributed by atoms with Gasteiger partial charge >= 0.3 is 0 Å². The zero-order valence-electron chi connectivity index (χ0n) is 11.8. The predicted octanol–water partition coefficient (Wildman–Crippen LogP) is 3.83. The van der Waals surface area contributed by atoms with E-state index in [1.54, 1.807) is 24.3 Å². The van der Waals surface area contributed by atoms with Crippen LogP contribution in [-0.4, -0.2) is 19.3 Å². The van der Waals surface area contributed by atoms with E-state index in [1.807, 2.05) is 0 Å². The van der Waals surface area contributed by atoms with Crippen LogP contribution in [0, 0.1) is 11.3 Å². The predicted molar refractivity (Wildman–Crippen MR) is 80.9 cm³/mol. The van der Waals surface area contributed by atoms with Crippen LogP contribution in [0.1, 0.15) is 19.3 Å². The average molecular weight is 271 g/mol. The van der Waals surface area contributed by atoms with Gasteiger partial charge in [0, 0.05) is 12.8 Å². The van der Waals surface area contributed by atoms with Crippen LogP contribution in [0.5, 0.6) is 0 Å². The van der Waals surface area contributed by atoms with Crippen molar-refractivity contribution in [3.63, 3.8) is 0 Å². The first-order chi connectivity index (χ1) is 9.71. The molecule has 0 aromatic carbocycles. The van der Waals surface area contributed by atoms with E-state index < -0.39 is 0 Å². The molecule has 0 aromatic heterocycles. The Kier molecular flexibility index (Phi) is 7.16. The highest BCUT2D eigenvalue weighted by Gasteiger charge is 2.17. The molecule has 0 N–H and O–H groups in total. The summed E-state index contributed by atoms with van der Waals surface area (Å²) >= 11 is 0. The van der Waals surface area contributed by atoms with Gasteiger partial charge in [0.15, 0.2) is 0 Å². The van der Waals surface area contributed by atoms with Crippen LogP contribution in [0.25, 0.3) is 0 Å². The zero-order chi connectivity index (χ0) is 14.8. The summed E-state index contributed by atoms with van der Waals surface area (Å²) in [6.07, 6.45) is 9.19. The zero-order valence-corrected chi connectivity index (χ0v) is 11.8. The van der Waals surface area contributed by atoms with Crippen LogP contribution < -0.4 is 0 Å².